The third kappa shape index (κ3) is 2.19. The summed E-state index contributed by atoms with van der Waals surface area (Å²) in [6.45, 7) is 0. The van der Waals surface area contributed by atoms with Gasteiger partial charge in [-0.2, -0.15) is 0 Å². The zero-order chi connectivity index (χ0) is 10.7. The molecule has 0 atom stereocenters. The molecular weight excluding hydrogens is 199 g/mol. The number of hydrogen-bond donors (Lipinski definition) is 1. The van der Waals surface area contributed by atoms with Crippen LogP contribution in [0, 0.1) is 5.82 Å². The number of nitrogens with one attached hydrogen (secondary N) is 1. The summed E-state index contributed by atoms with van der Waals surface area (Å²) in [6.07, 6.45) is 2.56. The molecule has 76 valence electrons. The van der Waals surface area contributed by atoms with Crippen LogP contribution < -0.4 is 10.3 Å². The first-order chi connectivity index (χ1) is 7.25. The number of nitrogens with zero attached hydrogens (tertiary/aromatic N) is 1. The zero-order valence-corrected chi connectivity index (χ0v) is 7.61. The van der Waals surface area contributed by atoms with Crippen molar-refractivity contribution in [3.05, 3.63) is 53.0 Å². The van der Waals surface area contributed by atoms with E-state index in [1.54, 1.807) is 0 Å². The van der Waals surface area contributed by atoms with Crippen molar-refractivity contribution < 1.29 is 9.13 Å². The Bertz CT molecular complexity index is 507. The van der Waals surface area contributed by atoms with Crippen LogP contribution in [-0.4, -0.2) is 9.97 Å². The molecule has 2 aromatic rings. The van der Waals surface area contributed by atoms with Gasteiger partial charge in [0.15, 0.2) is 0 Å². The van der Waals surface area contributed by atoms with Crippen molar-refractivity contribution in [2.24, 2.45) is 0 Å². The molecule has 0 bridgehead atoms. The summed E-state index contributed by atoms with van der Waals surface area (Å²) in [7, 11) is 0. The van der Waals surface area contributed by atoms with E-state index in [2.05, 4.69) is 9.97 Å². The number of ether oxygens (including phenoxy) is 1. The first kappa shape index (κ1) is 9.39. The van der Waals surface area contributed by atoms with E-state index < -0.39 is 0 Å². The Labute approximate surface area is 84.4 Å². The molecule has 0 saturated carbocycles. The largest absolute Gasteiger partial charge is 0.450 e. The molecule has 0 unspecified atom stereocenters. The average Bonchev–Trinajstić information content (AvgIpc) is 2.25. The number of halogens is 1. The van der Waals surface area contributed by atoms with E-state index in [-0.39, 0.29) is 17.1 Å². The Kier molecular flexibility index (Phi) is 2.45. The van der Waals surface area contributed by atoms with Crippen molar-refractivity contribution >= 4 is 0 Å². The Morgan fingerprint density at radius 2 is 2.00 bits per heavy atom. The standard InChI is InChI=1S/C10H7FN2O2/c11-7-1-3-8(4-2-7)15-9-5-12-6-13-10(9)14/h1-6H,(H,12,13,14). The average molecular weight is 206 g/mol. The SMILES string of the molecule is O=c1[nH]cncc1Oc1ccc(F)cc1. The third-order valence-electron chi connectivity index (χ3n) is 1.73. The van der Waals surface area contributed by atoms with E-state index in [1.165, 1.54) is 36.8 Å². The Balaban J connectivity index is 2.26. The van der Waals surface area contributed by atoms with Crippen LogP contribution in [0.25, 0.3) is 0 Å². The summed E-state index contributed by atoms with van der Waals surface area (Å²) in [5.41, 5.74) is -0.380. The molecule has 1 heterocycles. The van der Waals surface area contributed by atoms with Crippen molar-refractivity contribution in [3.8, 4) is 11.5 Å². The number of rotatable bonds is 2. The van der Waals surface area contributed by atoms with Gasteiger partial charge in [0.1, 0.15) is 11.6 Å². The zero-order valence-electron chi connectivity index (χ0n) is 7.61. The highest BCUT2D eigenvalue weighted by atomic mass is 19.1. The molecule has 0 saturated heterocycles. The minimum atomic E-state index is -0.380. The van der Waals surface area contributed by atoms with Gasteiger partial charge in [0.05, 0.1) is 12.5 Å². The van der Waals surface area contributed by atoms with Gasteiger partial charge in [-0.3, -0.25) is 4.79 Å². The van der Waals surface area contributed by atoms with Crippen molar-refractivity contribution in [1.29, 1.82) is 0 Å². The van der Waals surface area contributed by atoms with Crippen LogP contribution in [0.4, 0.5) is 4.39 Å². The molecule has 15 heavy (non-hydrogen) atoms. The number of benzene rings is 1. The van der Waals surface area contributed by atoms with Crippen LogP contribution in [0.3, 0.4) is 0 Å². The van der Waals surface area contributed by atoms with Gasteiger partial charge in [-0.25, -0.2) is 9.37 Å². The van der Waals surface area contributed by atoms with E-state index in [0.29, 0.717) is 5.75 Å². The summed E-state index contributed by atoms with van der Waals surface area (Å²) in [5.74, 6) is 0.0986. The quantitative estimate of drug-likeness (QED) is 0.813. The van der Waals surface area contributed by atoms with Gasteiger partial charge < -0.3 is 9.72 Å². The predicted octanol–water partition coefficient (Wildman–Crippen LogP) is 1.70. The fourth-order valence-electron chi connectivity index (χ4n) is 1.03. The van der Waals surface area contributed by atoms with Gasteiger partial charge in [-0.1, -0.05) is 0 Å². The summed E-state index contributed by atoms with van der Waals surface area (Å²) in [4.78, 5) is 17.3. The van der Waals surface area contributed by atoms with Crippen molar-refractivity contribution in [1.82, 2.24) is 9.97 Å². The van der Waals surface area contributed by atoms with Gasteiger partial charge in [0, 0.05) is 0 Å². The lowest BCUT2D eigenvalue weighted by Gasteiger charge is -2.02. The highest BCUT2D eigenvalue weighted by molar-refractivity contribution is 5.27. The topological polar surface area (TPSA) is 55.0 Å². The fourth-order valence-corrected chi connectivity index (χ4v) is 1.03. The first-order valence-corrected chi connectivity index (χ1v) is 4.22. The van der Waals surface area contributed by atoms with Gasteiger partial charge in [0.2, 0.25) is 5.75 Å². The molecule has 2 rings (SSSR count). The van der Waals surface area contributed by atoms with Crippen LogP contribution in [0.5, 0.6) is 11.5 Å². The maximum atomic E-state index is 12.6. The normalized spacial score (nSPS) is 9.93. The van der Waals surface area contributed by atoms with Gasteiger partial charge in [-0.15, -0.1) is 0 Å². The molecule has 4 nitrogen and oxygen atoms in total. The van der Waals surface area contributed by atoms with Crippen molar-refractivity contribution in [2.45, 2.75) is 0 Å². The maximum absolute atomic E-state index is 12.6. The van der Waals surface area contributed by atoms with Crippen LogP contribution in [0.2, 0.25) is 0 Å². The van der Waals surface area contributed by atoms with Crippen molar-refractivity contribution in [2.75, 3.05) is 0 Å². The predicted molar refractivity (Wildman–Crippen MR) is 51.3 cm³/mol. The minimum Gasteiger partial charge on any atom is -0.450 e. The Hall–Kier alpha value is -2.17. The van der Waals surface area contributed by atoms with E-state index in [9.17, 15) is 9.18 Å². The van der Waals surface area contributed by atoms with E-state index in [0.717, 1.165) is 0 Å². The molecule has 0 aliphatic rings. The number of aromatic nitrogens is 2. The molecule has 0 aliphatic carbocycles. The van der Waals surface area contributed by atoms with Crippen molar-refractivity contribution in [3.63, 3.8) is 0 Å². The van der Waals surface area contributed by atoms with E-state index in [4.69, 9.17) is 4.74 Å². The summed E-state index contributed by atoms with van der Waals surface area (Å²) < 4.78 is 17.8. The highest BCUT2D eigenvalue weighted by Gasteiger charge is 2.01. The molecule has 1 N–H and O–H groups in total. The molecular formula is C10H7FN2O2. The number of aromatic amines is 1. The maximum Gasteiger partial charge on any atom is 0.293 e. The smallest absolute Gasteiger partial charge is 0.293 e. The summed E-state index contributed by atoms with van der Waals surface area (Å²) in [5, 5.41) is 0. The van der Waals surface area contributed by atoms with E-state index >= 15 is 0 Å². The Morgan fingerprint density at radius 1 is 1.27 bits per heavy atom. The first-order valence-electron chi connectivity index (χ1n) is 4.22. The monoisotopic (exact) mass is 206 g/mol. The summed E-state index contributed by atoms with van der Waals surface area (Å²) in [6, 6.07) is 5.36. The van der Waals surface area contributed by atoms with Gasteiger partial charge in [-0.05, 0) is 24.3 Å². The second-order valence-corrected chi connectivity index (χ2v) is 2.80. The number of H-pyrrole nitrogens is 1. The second-order valence-electron chi connectivity index (χ2n) is 2.80. The lowest BCUT2D eigenvalue weighted by molar-refractivity contribution is 0.470. The van der Waals surface area contributed by atoms with Gasteiger partial charge >= 0.3 is 0 Å². The van der Waals surface area contributed by atoms with Crippen LogP contribution in [0.15, 0.2) is 41.6 Å². The van der Waals surface area contributed by atoms with Crippen LogP contribution >= 0.6 is 0 Å². The molecule has 0 aliphatic heterocycles. The third-order valence-corrected chi connectivity index (χ3v) is 1.73. The highest BCUT2D eigenvalue weighted by Crippen LogP contribution is 2.16. The van der Waals surface area contributed by atoms with Crippen LogP contribution in [0.1, 0.15) is 0 Å². The fraction of sp³-hybridized carbons (Fsp3) is 0. The molecule has 5 heteroatoms. The number of hydrogen-bond acceptors (Lipinski definition) is 3. The lowest BCUT2D eigenvalue weighted by Crippen LogP contribution is -2.07. The van der Waals surface area contributed by atoms with E-state index in [1.807, 2.05) is 0 Å². The molecule has 0 amide bonds. The molecule has 0 spiro atoms. The molecule has 1 aromatic carbocycles. The molecule has 1 aromatic heterocycles. The lowest BCUT2D eigenvalue weighted by atomic mass is 10.3. The Morgan fingerprint density at radius 3 is 2.67 bits per heavy atom. The second kappa shape index (κ2) is 3.91. The summed E-state index contributed by atoms with van der Waals surface area (Å²) >= 11 is 0. The molecule has 0 fully saturated rings. The minimum absolute atomic E-state index is 0.0732. The molecule has 0 radical (unpaired) electrons. The van der Waals surface area contributed by atoms with Crippen LogP contribution in [-0.2, 0) is 0 Å². The van der Waals surface area contributed by atoms with Gasteiger partial charge in [0.25, 0.3) is 5.56 Å².